The third kappa shape index (κ3) is 19.0. The molecule has 18 nitrogen and oxygen atoms in total. The fourth-order valence-corrected chi connectivity index (χ4v) is 4.57. The standard InChI is InChI=1S/C33H47N5O13/c1-20(39)16-24(22(3)41)35-28(44)18-26(33(49)37-25(23(4)42)17-21(2)40)36-29(45)19-32(48)51-15-14-50-13-11-34-27(43)8-6-5-7-12-38-30(46)9-10-31(38)47/h9-10,24-26H,5-8,11-19H2,1-4H3,(H,34,43)(H,35,44)(H,36,45)(H,37,49). The summed E-state index contributed by atoms with van der Waals surface area (Å²) in [5.74, 6) is -6.65. The molecular weight excluding hydrogens is 674 g/mol. The SMILES string of the molecule is CC(=O)CC(NC(=O)CC(NC(=O)CC(=O)OCCOCCNC(=O)CCCCCN1C(=O)C=CC1=O)C(=O)NC(CC(C)=O)C(C)=O)C(C)=O. The molecule has 1 aliphatic rings. The molecule has 0 bridgehead atoms. The average molecular weight is 722 g/mol. The van der Waals surface area contributed by atoms with Crippen molar-refractivity contribution in [2.75, 3.05) is 32.9 Å². The lowest BCUT2D eigenvalue weighted by Gasteiger charge is -2.22. The van der Waals surface area contributed by atoms with E-state index in [2.05, 4.69) is 21.3 Å². The summed E-state index contributed by atoms with van der Waals surface area (Å²) in [5.41, 5.74) is 0. The Morgan fingerprint density at radius 3 is 1.78 bits per heavy atom. The van der Waals surface area contributed by atoms with E-state index in [4.69, 9.17) is 9.47 Å². The molecule has 4 N–H and O–H groups in total. The fourth-order valence-electron chi connectivity index (χ4n) is 4.57. The van der Waals surface area contributed by atoms with Gasteiger partial charge in [0.05, 0.1) is 31.7 Å². The summed E-state index contributed by atoms with van der Waals surface area (Å²) in [5, 5.41) is 9.51. The maximum atomic E-state index is 13.0. The molecule has 0 aromatic heterocycles. The van der Waals surface area contributed by atoms with Crippen molar-refractivity contribution in [2.45, 2.75) is 97.2 Å². The second kappa shape index (κ2) is 23.3. The molecule has 0 aromatic rings. The van der Waals surface area contributed by atoms with Crippen LogP contribution in [-0.4, -0.2) is 120 Å². The predicted octanol–water partition coefficient (Wildman–Crippen LogP) is -1.48. The zero-order chi connectivity index (χ0) is 38.5. The van der Waals surface area contributed by atoms with Crippen molar-refractivity contribution >= 4 is 64.5 Å². The van der Waals surface area contributed by atoms with Crippen molar-refractivity contribution in [2.24, 2.45) is 0 Å². The van der Waals surface area contributed by atoms with Gasteiger partial charge >= 0.3 is 5.97 Å². The second-order valence-corrected chi connectivity index (χ2v) is 11.9. The maximum Gasteiger partial charge on any atom is 0.315 e. The van der Waals surface area contributed by atoms with E-state index in [0.717, 1.165) is 18.7 Å². The van der Waals surface area contributed by atoms with Crippen molar-refractivity contribution in [1.29, 1.82) is 0 Å². The van der Waals surface area contributed by atoms with Gasteiger partial charge in [0.2, 0.25) is 23.6 Å². The first-order valence-electron chi connectivity index (χ1n) is 16.4. The molecule has 3 unspecified atom stereocenters. The smallest absolute Gasteiger partial charge is 0.315 e. The van der Waals surface area contributed by atoms with E-state index >= 15 is 0 Å². The molecular formula is C33H47N5O13. The molecule has 0 aromatic carbocycles. The van der Waals surface area contributed by atoms with E-state index in [1.54, 1.807) is 0 Å². The summed E-state index contributed by atoms with van der Waals surface area (Å²) in [6.07, 6.45) is 2.27. The van der Waals surface area contributed by atoms with Crippen molar-refractivity contribution in [3.8, 4) is 0 Å². The summed E-state index contributed by atoms with van der Waals surface area (Å²) in [6, 6.07) is -4.05. The largest absolute Gasteiger partial charge is 0.463 e. The highest BCUT2D eigenvalue weighted by Crippen LogP contribution is 2.08. The average Bonchev–Trinajstić information content (AvgIpc) is 3.34. The number of carbonyl (C=O) groups excluding carboxylic acids is 11. The Bertz CT molecular complexity index is 1360. The Balaban J connectivity index is 2.47. The minimum absolute atomic E-state index is 0.0581. The third-order valence-electron chi connectivity index (χ3n) is 7.21. The van der Waals surface area contributed by atoms with Crippen LogP contribution in [0.1, 0.15) is 79.1 Å². The number of rotatable bonds is 26. The van der Waals surface area contributed by atoms with Gasteiger partial charge in [-0.15, -0.1) is 0 Å². The number of ketones is 4. The number of esters is 1. The van der Waals surface area contributed by atoms with E-state index in [9.17, 15) is 52.7 Å². The number of imide groups is 1. The van der Waals surface area contributed by atoms with Crippen LogP contribution >= 0.6 is 0 Å². The lowest BCUT2D eigenvalue weighted by molar-refractivity contribution is -0.148. The summed E-state index contributed by atoms with van der Waals surface area (Å²) < 4.78 is 10.2. The molecule has 0 fully saturated rings. The molecule has 0 radical (unpaired) electrons. The zero-order valence-electron chi connectivity index (χ0n) is 29.3. The zero-order valence-corrected chi connectivity index (χ0v) is 29.3. The van der Waals surface area contributed by atoms with E-state index in [1.807, 2.05) is 0 Å². The van der Waals surface area contributed by atoms with Crippen molar-refractivity contribution < 1.29 is 62.2 Å². The van der Waals surface area contributed by atoms with Gasteiger partial charge in [-0.05, 0) is 40.5 Å². The number of Topliss-reactive ketones (excluding diaryl/α,β-unsaturated/α-hetero) is 4. The van der Waals surface area contributed by atoms with Crippen LogP contribution in [0.4, 0.5) is 0 Å². The van der Waals surface area contributed by atoms with Crippen LogP contribution in [-0.2, 0) is 62.2 Å². The molecule has 18 heteroatoms. The van der Waals surface area contributed by atoms with E-state index in [1.165, 1.54) is 26.0 Å². The molecule has 0 spiro atoms. The number of nitrogens with zero attached hydrogens (tertiary/aromatic N) is 1. The number of amides is 6. The maximum absolute atomic E-state index is 13.0. The minimum Gasteiger partial charge on any atom is -0.463 e. The second-order valence-electron chi connectivity index (χ2n) is 11.9. The first kappa shape index (κ1) is 43.9. The molecule has 1 heterocycles. The van der Waals surface area contributed by atoms with E-state index in [0.29, 0.717) is 25.8 Å². The number of hydrogen-bond donors (Lipinski definition) is 4. The molecule has 0 saturated carbocycles. The van der Waals surface area contributed by atoms with Crippen LogP contribution in [0.5, 0.6) is 0 Å². The quantitative estimate of drug-likeness (QED) is 0.0344. The van der Waals surface area contributed by atoms with E-state index in [-0.39, 0.29) is 69.1 Å². The Kier molecular flexibility index (Phi) is 20.1. The van der Waals surface area contributed by atoms with Crippen LogP contribution in [0.2, 0.25) is 0 Å². The molecule has 1 rings (SSSR count). The molecule has 0 saturated heterocycles. The first-order valence-corrected chi connectivity index (χ1v) is 16.4. The van der Waals surface area contributed by atoms with Gasteiger partial charge in [-0.3, -0.25) is 57.6 Å². The van der Waals surface area contributed by atoms with E-state index < -0.39 is 72.0 Å². The third-order valence-corrected chi connectivity index (χ3v) is 7.21. The fraction of sp³-hybridized carbons (Fsp3) is 0.606. The van der Waals surface area contributed by atoms with Gasteiger partial charge in [0.1, 0.15) is 30.6 Å². The molecule has 1 aliphatic heterocycles. The Morgan fingerprint density at radius 1 is 0.647 bits per heavy atom. The Hall–Kier alpha value is -5.13. The Labute approximate surface area is 295 Å². The summed E-state index contributed by atoms with van der Waals surface area (Å²) in [4.78, 5) is 133. The summed E-state index contributed by atoms with van der Waals surface area (Å²) in [7, 11) is 0. The lowest BCUT2D eigenvalue weighted by atomic mass is 10.0. The van der Waals surface area contributed by atoms with Crippen LogP contribution < -0.4 is 21.3 Å². The van der Waals surface area contributed by atoms with Crippen molar-refractivity contribution in [1.82, 2.24) is 26.2 Å². The monoisotopic (exact) mass is 721 g/mol. The molecule has 3 atom stereocenters. The van der Waals surface area contributed by atoms with Crippen LogP contribution in [0.3, 0.4) is 0 Å². The van der Waals surface area contributed by atoms with Crippen LogP contribution in [0, 0.1) is 0 Å². The van der Waals surface area contributed by atoms with Gasteiger partial charge in [0.25, 0.3) is 11.8 Å². The highest BCUT2D eigenvalue weighted by Gasteiger charge is 2.30. The van der Waals surface area contributed by atoms with Crippen molar-refractivity contribution in [3.63, 3.8) is 0 Å². The number of ether oxygens (including phenoxy) is 2. The number of nitrogens with one attached hydrogen (secondary N) is 4. The highest BCUT2D eigenvalue weighted by atomic mass is 16.6. The minimum atomic E-state index is -1.63. The van der Waals surface area contributed by atoms with Gasteiger partial charge in [0.15, 0.2) is 11.6 Å². The van der Waals surface area contributed by atoms with Crippen LogP contribution in [0.25, 0.3) is 0 Å². The van der Waals surface area contributed by atoms with Gasteiger partial charge in [0, 0.05) is 44.5 Å². The first-order chi connectivity index (χ1) is 24.0. The van der Waals surface area contributed by atoms with Gasteiger partial charge in [-0.25, -0.2) is 0 Å². The van der Waals surface area contributed by atoms with Gasteiger partial charge < -0.3 is 30.7 Å². The summed E-state index contributed by atoms with van der Waals surface area (Å²) in [6.45, 7) is 5.02. The van der Waals surface area contributed by atoms with Crippen molar-refractivity contribution in [3.05, 3.63) is 12.2 Å². The van der Waals surface area contributed by atoms with Gasteiger partial charge in [-0.2, -0.15) is 0 Å². The molecule has 282 valence electrons. The van der Waals surface area contributed by atoms with Gasteiger partial charge in [-0.1, -0.05) is 6.42 Å². The van der Waals surface area contributed by atoms with Crippen LogP contribution in [0.15, 0.2) is 12.2 Å². The number of unbranched alkanes of at least 4 members (excludes halogenated alkanes) is 2. The predicted molar refractivity (Wildman–Crippen MR) is 176 cm³/mol. The molecule has 6 amide bonds. The lowest BCUT2D eigenvalue weighted by Crippen LogP contribution is -2.54. The molecule has 51 heavy (non-hydrogen) atoms. The normalized spacial score (nSPS) is 13.8. The highest BCUT2D eigenvalue weighted by molar-refractivity contribution is 6.12. The topological polar surface area (TPSA) is 258 Å². The Morgan fingerprint density at radius 2 is 1.22 bits per heavy atom. The number of carbonyl (C=O) groups is 11. The number of hydrogen-bond acceptors (Lipinski definition) is 13. The summed E-state index contributed by atoms with van der Waals surface area (Å²) >= 11 is 0. The molecule has 0 aliphatic carbocycles.